The molecule has 0 bridgehead atoms. The first-order valence-corrected chi connectivity index (χ1v) is 17.8. The minimum absolute atomic E-state index is 0. The summed E-state index contributed by atoms with van der Waals surface area (Å²) in [7, 11) is -12.2. The minimum atomic E-state index is -6.09. The first-order chi connectivity index (χ1) is 24.9. The Morgan fingerprint density at radius 2 is 0.782 bits per heavy atom. The van der Waals surface area contributed by atoms with E-state index in [1.807, 2.05) is 97.6 Å². The Labute approximate surface area is 323 Å². The molecule has 5 aromatic heterocycles. The molecule has 0 N–H and O–H groups in total. The Bertz CT molecular complexity index is 1990. The molecule has 0 aliphatic heterocycles. The maximum absolute atomic E-state index is 10.7. The predicted molar refractivity (Wildman–Crippen MR) is 180 cm³/mol. The van der Waals surface area contributed by atoms with Gasteiger partial charge in [-0.25, -0.2) is 16.8 Å². The number of rotatable bonds is 6. The minimum Gasteiger partial charge on any atom is -0.741 e. The van der Waals surface area contributed by atoms with Crippen molar-refractivity contribution < 1.29 is 69.4 Å². The van der Waals surface area contributed by atoms with Crippen LogP contribution in [-0.2, 0) is 48.1 Å². The fraction of sp³-hybridized carbons (Fsp3) is 0.235. The number of pyridine rings is 5. The number of aromatic nitrogens is 5. The van der Waals surface area contributed by atoms with Crippen molar-refractivity contribution in [1.82, 2.24) is 24.9 Å². The molecule has 5 aromatic rings. The molecule has 294 valence electrons. The maximum atomic E-state index is 10.7. The van der Waals surface area contributed by atoms with Crippen molar-refractivity contribution in [2.24, 2.45) is 0 Å². The maximum Gasteiger partial charge on any atom is 2.00 e. The summed E-state index contributed by atoms with van der Waals surface area (Å²) >= 11 is 0. The summed E-state index contributed by atoms with van der Waals surface area (Å²) in [5.41, 5.74) is -6.19. The Kier molecular flexibility index (Phi) is 17.2. The summed E-state index contributed by atoms with van der Waals surface area (Å²) in [6, 6.07) is 29.9. The Morgan fingerprint density at radius 1 is 0.564 bits per heavy atom. The van der Waals surface area contributed by atoms with E-state index in [2.05, 4.69) is 32.9 Å². The summed E-state index contributed by atoms with van der Waals surface area (Å²) in [5, 5.41) is 7.32. The molecular weight excluding hydrogens is 822 g/mol. The molecule has 0 aliphatic rings. The topological polar surface area (TPSA) is 203 Å². The van der Waals surface area contributed by atoms with E-state index in [-0.39, 0.29) is 17.1 Å². The quantitative estimate of drug-likeness (QED) is 0.0799. The number of nitriles is 1. The first kappa shape index (κ1) is 48.2. The van der Waals surface area contributed by atoms with Crippen LogP contribution in [-0.4, -0.2) is 61.9 Å². The van der Waals surface area contributed by atoms with E-state index in [4.69, 9.17) is 56.1 Å². The summed E-state index contributed by atoms with van der Waals surface area (Å²) in [6.07, 6.45) is 7.27. The third-order valence-electron chi connectivity index (χ3n) is 7.27. The molecule has 0 atom stereocenters. The molecule has 0 unspecified atom stereocenters. The van der Waals surface area contributed by atoms with Gasteiger partial charge in [0.1, 0.15) is 0 Å². The van der Waals surface area contributed by atoms with Crippen molar-refractivity contribution in [3.8, 4) is 6.07 Å². The van der Waals surface area contributed by atoms with Crippen LogP contribution in [0.5, 0.6) is 0 Å². The van der Waals surface area contributed by atoms with E-state index in [0.717, 1.165) is 39.7 Å². The molecule has 0 radical (unpaired) electrons. The van der Waals surface area contributed by atoms with Gasteiger partial charge >= 0.3 is 28.1 Å². The third kappa shape index (κ3) is 12.6. The van der Waals surface area contributed by atoms with Gasteiger partial charge in [0.25, 0.3) is 0 Å². The third-order valence-corrected chi connectivity index (χ3v) is 8.40. The molecule has 0 saturated heterocycles. The van der Waals surface area contributed by atoms with Crippen LogP contribution in [0.2, 0.25) is 0 Å². The molecule has 0 spiro atoms. The predicted octanol–water partition coefficient (Wildman–Crippen LogP) is 6.31. The van der Waals surface area contributed by atoms with Gasteiger partial charge in [0.2, 0.25) is 0 Å². The number of hydrogen-bond acceptors (Lipinski definition) is 12. The zero-order valence-corrected chi connectivity index (χ0v) is 31.7. The molecular formula is C34H30F6FeN6O6S2. The Morgan fingerprint density at radius 3 is 0.945 bits per heavy atom. The normalized spacial score (nSPS) is 11.8. The van der Waals surface area contributed by atoms with Crippen LogP contribution in [0.25, 0.3) is 0 Å². The smallest absolute Gasteiger partial charge is 0.741 e. The van der Waals surface area contributed by atoms with E-state index in [0.29, 0.717) is 0 Å². The summed E-state index contributed by atoms with van der Waals surface area (Å²) in [4.78, 5) is 24.3. The van der Waals surface area contributed by atoms with Crippen LogP contribution in [0.15, 0.2) is 110 Å². The van der Waals surface area contributed by atoms with Gasteiger partial charge in [-0.3, -0.25) is 24.9 Å². The van der Waals surface area contributed by atoms with Crippen LogP contribution in [0.3, 0.4) is 0 Å². The number of halogens is 6. The van der Waals surface area contributed by atoms with Gasteiger partial charge in [0, 0.05) is 31.7 Å². The largest absolute Gasteiger partial charge is 2.00 e. The van der Waals surface area contributed by atoms with Gasteiger partial charge in [-0.1, -0.05) is 24.3 Å². The van der Waals surface area contributed by atoms with Crippen molar-refractivity contribution in [1.29, 1.82) is 5.26 Å². The van der Waals surface area contributed by atoms with Crippen molar-refractivity contribution in [3.05, 3.63) is 149 Å². The number of hydrogen-bond donors (Lipinski definition) is 0. The van der Waals surface area contributed by atoms with E-state index in [9.17, 15) is 26.3 Å². The van der Waals surface area contributed by atoms with Crippen molar-refractivity contribution in [2.75, 3.05) is 0 Å². The summed E-state index contributed by atoms with van der Waals surface area (Å²) in [6.45, 7) is 7.81. The van der Waals surface area contributed by atoms with Crippen LogP contribution in [0.4, 0.5) is 26.3 Å². The van der Waals surface area contributed by atoms with Crippen molar-refractivity contribution >= 4 is 20.2 Å². The molecule has 0 aromatic carbocycles. The number of nitrogens with zero attached hydrogens (tertiary/aromatic N) is 6. The molecule has 0 aliphatic carbocycles. The van der Waals surface area contributed by atoms with Gasteiger partial charge in [0.15, 0.2) is 20.2 Å². The average molecular weight is 853 g/mol. The second-order valence-electron chi connectivity index (χ2n) is 11.0. The zero-order valence-electron chi connectivity index (χ0n) is 29.0. The molecule has 55 heavy (non-hydrogen) atoms. The molecule has 0 fully saturated rings. The Hall–Kier alpha value is -4.84. The van der Waals surface area contributed by atoms with Crippen LogP contribution in [0, 0.1) is 18.3 Å². The number of aryl methyl sites for hydroxylation is 1. The summed E-state index contributed by atoms with van der Waals surface area (Å²) in [5.74, 6) is 0. The second-order valence-corrected chi connectivity index (χ2v) is 13.8. The van der Waals surface area contributed by atoms with Gasteiger partial charge in [-0.2, -0.15) is 31.6 Å². The first-order valence-electron chi connectivity index (χ1n) is 14.9. The molecule has 5 heterocycles. The van der Waals surface area contributed by atoms with Crippen molar-refractivity contribution in [2.45, 2.75) is 49.5 Å². The molecule has 21 heteroatoms. The van der Waals surface area contributed by atoms with E-state index in [1.54, 1.807) is 6.07 Å². The standard InChI is InChI=1S/C30H27N5.C2H3N.2CHF3O3S.Fe/c1-22-20-27(29(2,23-12-4-8-16-31-23)24-13-5-9-17-32-24)35-28(21-22)30(3,25-14-6-10-18-33-25)26-15-7-11-19-34-26;1-2-3;2*2-1(3,4)8(5,6)7;/h4-21H,1-3H3;1H3;2*(H,5,6,7);/q;;;;+2/p-2. The Balaban J connectivity index is 0.000000629. The van der Waals surface area contributed by atoms with Gasteiger partial charge in [0.05, 0.1) is 51.1 Å². The molecule has 5 rings (SSSR count). The number of alkyl halides is 6. The summed E-state index contributed by atoms with van der Waals surface area (Å²) < 4.78 is 118. The molecule has 0 saturated carbocycles. The van der Waals surface area contributed by atoms with Gasteiger partial charge in [-0.05, 0) is 87.0 Å². The fourth-order valence-corrected chi connectivity index (χ4v) is 4.60. The van der Waals surface area contributed by atoms with Gasteiger partial charge in [-0.15, -0.1) is 0 Å². The average Bonchev–Trinajstić information content (AvgIpc) is 3.11. The molecule has 0 amide bonds. The van der Waals surface area contributed by atoms with E-state index < -0.39 is 42.1 Å². The monoisotopic (exact) mass is 852 g/mol. The second kappa shape index (κ2) is 19.7. The SMILES string of the molecule is CC#N.Cc1cc(C(C)(c2ccccn2)c2ccccn2)nc(C(C)(c2ccccn2)c2ccccn2)c1.O=S(=O)([O-])C(F)(F)F.O=S(=O)([O-])C(F)(F)F.[Fe+2]. The zero-order chi connectivity index (χ0) is 41.0. The van der Waals surface area contributed by atoms with Crippen LogP contribution >= 0.6 is 0 Å². The van der Waals surface area contributed by atoms with Gasteiger partial charge < -0.3 is 9.11 Å². The molecule has 12 nitrogen and oxygen atoms in total. The van der Waals surface area contributed by atoms with Crippen LogP contribution < -0.4 is 0 Å². The van der Waals surface area contributed by atoms with Crippen LogP contribution in [0.1, 0.15) is 60.5 Å². The van der Waals surface area contributed by atoms with E-state index >= 15 is 0 Å². The van der Waals surface area contributed by atoms with Crippen molar-refractivity contribution in [3.63, 3.8) is 0 Å². The fourth-order valence-electron chi connectivity index (χ4n) is 4.60. The van der Waals surface area contributed by atoms with E-state index in [1.165, 1.54) is 6.92 Å².